The van der Waals surface area contributed by atoms with E-state index in [1.807, 2.05) is 0 Å². The molecule has 0 radical (unpaired) electrons. The van der Waals surface area contributed by atoms with Gasteiger partial charge in [0.15, 0.2) is 0 Å². The van der Waals surface area contributed by atoms with Gasteiger partial charge < -0.3 is 0 Å². The Hall–Kier alpha value is -0.0800. The summed E-state index contributed by atoms with van der Waals surface area (Å²) in [5.41, 5.74) is 0. The van der Waals surface area contributed by atoms with Crippen LogP contribution in [0.3, 0.4) is 0 Å². The van der Waals surface area contributed by atoms with Crippen molar-refractivity contribution in [3.63, 3.8) is 0 Å². The van der Waals surface area contributed by atoms with Gasteiger partial charge in [-0.05, 0) is 0 Å². The first kappa shape index (κ1) is 20.9. The lowest BCUT2D eigenvalue weighted by Crippen LogP contribution is -2.59. The molecule has 0 rings (SSSR count). The average Bonchev–Trinajstić information content (AvgIpc) is 2.10. The number of ether oxygens (including phenoxy) is 1. The molecule has 0 aliphatic rings. The fraction of sp³-hybridized carbons (Fsp3) is 1.00. The molecule has 0 saturated carbocycles. The molecule has 0 aromatic rings. The van der Waals surface area contributed by atoms with Crippen LogP contribution in [0.25, 0.3) is 0 Å². The molecule has 0 aliphatic heterocycles. The Morgan fingerprint density at radius 1 is 0.810 bits per heavy atom. The lowest BCUT2D eigenvalue weighted by molar-refractivity contribution is -0.483. The Labute approximate surface area is 123 Å². The Morgan fingerprint density at radius 2 is 1.19 bits per heavy atom. The van der Waals surface area contributed by atoms with E-state index in [-0.39, 0.29) is 0 Å². The summed E-state index contributed by atoms with van der Waals surface area (Å²) in [5.74, 6) is -12.4. The zero-order valence-electron chi connectivity index (χ0n) is 9.73. The standard InChI is InChI=1S/C8H6F11IO/c1-3(20)2-4(9,6(12,13)14)21-8(18,19)5(10,11)7(15,16)17/h3H,2H2,1H3. The molecular formula is C8H6F11IO. The molecule has 0 fully saturated rings. The van der Waals surface area contributed by atoms with E-state index < -0.39 is 40.6 Å². The SMILES string of the molecule is CC(I)CC(F)(OC(F)(F)C(F)(F)C(F)(F)F)C(F)(F)F. The van der Waals surface area contributed by atoms with Crippen LogP contribution in [0.2, 0.25) is 0 Å². The van der Waals surface area contributed by atoms with Crippen LogP contribution in [0.4, 0.5) is 48.3 Å². The summed E-state index contributed by atoms with van der Waals surface area (Å²) < 4.78 is 137. The normalized spacial score (nSPS) is 19.3. The van der Waals surface area contributed by atoms with Gasteiger partial charge in [0.05, 0.1) is 0 Å². The molecule has 0 aromatic heterocycles. The van der Waals surface area contributed by atoms with Gasteiger partial charge in [0.2, 0.25) is 0 Å². The quantitative estimate of drug-likeness (QED) is 0.314. The van der Waals surface area contributed by atoms with Crippen molar-refractivity contribution in [2.24, 2.45) is 0 Å². The van der Waals surface area contributed by atoms with Crippen LogP contribution in [-0.4, -0.2) is 34.2 Å². The summed E-state index contributed by atoms with van der Waals surface area (Å²) in [7, 11) is 0. The Bertz CT molecular complexity index is 360. The highest BCUT2D eigenvalue weighted by molar-refractivity contribution is 14.1. The van der Waals surface area contributed by atoms with Crippen molar-refractivity contribution in [1.82, 2.24) is 0 Å². The van der Waals surface area contributed by atoms with E-state index in [9.17, 15) is 48.3 Å². The van der Waals surface area contributed by atoms with E-state index in [2.05, 4.69) is 4.74 Å². The smallest absolute Gasteiger partial charge is 0.269 e. The highest BCUT2D eigenvalue weighted by Crippen LogP contribution is 2.52. The molecule has 0 spiro atoms. The molecule has 1 nitrogen and oxygen atoms in total. The maximum atomic E-state index is 13.4. The second kappa shape index (κ2) is 5.85. The van der Waals surface area contributed by atoms with Gasteiger partial charge in [0.1, 0.15) is 0 Å². The molecule has 0 bridgehead atoms. The van der Waals surface area contributed by atoms with Gasteiger partial charge >= 0.3 is 30.2 Å². The van der Waals surface area contributed by atoms with Crippen LogP contribution < -0.4 is 0 Å². The molecule has 0 amide bonds. The van der Waals surface area contributed by atoms with Gasteiger partial charge in [-0.2, -0.15) is 43.9 Å². The number of alkyl halides is 12. The monoisotopic (exact) mass is 454 g/mol. The Balaban J connectivity index is 5.64. The van der Waals surface area contributed by atoms with Crippen molar-refractivity contribution in [3.8, 4) is 0 Å². The maximum Gasteiger partial charge on any atom is 0.462 e. The average molecular weight is 454 g/mol. The fourth-order valence-corrected chi connectivity index (χ4v) is 1.58. The van der Waals surface area contributed by atoms with Crippen molar-refractivity contribution in [2.45, 2.75) is 47.5 Å². The first-order valence-corrected chi connectivity index (χ1v) is 6.04. The van der Waals surface area contributed by atoms with Gasteiger partial charge in [0, 0.05) is 10.3 Å². The Morgan fingerprint density at radius 3 is 1.43 bits per heavy atom. The predicted molar refractivity (Wildman–Crippen MR) is 55.0 cm³/mol. The van der Waals surface area contributed by atoms with E-state index in [0.717, 1.165) is 29.5 Å². The molecule has 2 unspecified atom stereocenters. The van der Waals surface area contributed by atoms with Crippen molar-refractivity contribution in [2.75, 3.05) is 0 Å². The minimum Gasteiger partial charge on any atom is -0.269 e. The summed E-state index contributed by atoms with van der Waals surface area (Å²) in [6.45, 7) is 0.879. The molecule has 21 heavy (non-hydrogen) atoms. The van der Waals surface area contributed by atoms with Crippen LogP contribution in [0, 0.1) is 0 Å². The second-order valence-corrected chi connectivity index (χ2v) is 6.03. The molecule has 0 N–H and O–H groups in total. The second-order valence-electron chi connectivity index (χ2n) is 3.90. The first-order chi connectivity index (χ1) is 8.87. The lowest BCUT2D eigenvalue weighted by Gasteiger charge is -2.35. The van der Waals surface area contributed by atoms with Gasteiger partial charge in [0.25, 0.3) is 0 Å². The van der Waals surface area contributed by atoms with Crippen LogP contribution in [0.5, 0.6) is 0 Å². The van der Waals surface area contributed by atoms with E-state index in [0.29, 0.717) is 0 Å². The van der Waals surface area contributed by atoms with Crippen LogP contribution in [-0.2, 0) is 4.74 Å². The number of hydrogen-bond donors (Lipinski definition) is 0. The number of halogens is 12. The fourth-order valence-electron chi connectivity index (χ4n) is 1.01. The van der Waals surface area contributed by atoms with Crippen molar-refractivity contribution < 1.29 is 53.0 Å². The first-order valence-electron chi connectivity index (χ1n) is 4.79. The summed E-state index contributed by atoms with van der Waals surface area (Å²) in [5, 5.41) is 0. The largest absolute Gasteiger partial charge is 0.462 e. The molecule has 2 atom stereocenters. The number of hydrogen-bond acceptors (Lipinski definition) is 1. The van der Waals surface area contributed by atoms with E-state index in [1.54, 1.807) is 0 Å². The summed E-state index contributed by atoms with van der Waals surface area (Å²) in [6, 6.07) is 0. The zero-order valence-corrected chi connectivity index (χ0v) is 11.9. The van der Waals surface area contributed by atoms with Crippen molar-refractivity contribution >= 4 is 22.6 Å². The molecule has 128 valence electrons. The zero-order chi connectivity index (χ0) is 17.5. The maximum absolute atomic E-state index is 13.4. The molecule has 0 saturated heterocycles. The van der Waals surface area contributed by atoms with Gasteiger partial charge in [-0.25, -0.2) is 4.39 Å². The molecule has 0 aliphatic carbocycles. The number of rotatable bonds is 5. The van der Waals surface area contributed by atoms with Gasteiger partial charge in [-0.3, -0.25) is 4.74 Å². The highest BCUT2D eigenvalue weighted by atomic mass is 127. The minimum absolute atomic E-state index is 0.879. The van der Waals surface area contributed by atoms with Crippen LogP contribution in [0.15, 0.2) is 0 Å². The molecule has 13 heteroatoms. The molecule has 0 aromatic carbocycles. The lowest BCUT2D eigenvalue weighted by atomic mass is 10.1. The van der Waals surface area contributed by atoms with Crippen molar-refractivity contribution in [1.29, 1.82) is 0 Å². The summed E-state index contributed by atoms with van der Waals surface area (Å²) in [4.78, 5) is 0. The minimum atomic E-state index is -7.00. The third kappa shape index (κ3) is 4.45. The van der Waals surface area contributed by atoms with Gasteiger partial charge in [-0.1, -0.05) is 29.5 Å². The predicted octanol–water partition coefficient (Wildman–Crippen LogP) is 5.24. The third-order valence-electron chi connectivity index (χ3n) is 1.98. The van der Waals surface area contributed by atoms with E-state index >= 15 is 0 Å². The van der Waals surface area contributed by atoms with E-state index in [1.165, 1.54) is 0 Å². The molecular weight excluding hydrogens is 448 g/mol. The molecule has 0 heterocycles. The third-order valence-corrected chi connectivity index (χ3v) is 2.42. The summed E-state index contributed by atoms with van der Waals surface area (Å²) in [6.07, 6.45) is -21.8. The Kier molecular flexibility index (Phi) is 5.83. The van der Waals surface area contributed by atoms with Gasteiger partial charge in [-0.15, -0.1) is 0 Å². The van der Waals surface area contributed by atoms with Crippen LogP contribution in [0.1, 0.15) is 13.3 Å². The topological polar surface area (TPSA) is 9.23 Å². The van der Waals surface area contributed by atoms with Crippen LogP contribution >= 0.6 is 22.6 Å². The summed E-state index contributed by atoms with van der Waals surface area (Å²) >= 11 is 1.12. The van der Waals surface area contributed by atoms with E-state index in [4.69, 9.17) is 0 Å². The highest BCUT2D eigenvalue weighted by Gasteiger charge is 2.78. The van der Waals surface area contributed by atoms with Crippen molar-refractivity contribution in [3.05, 3.63) is 0 Å².